The molecule has 0 aromatic carbocycles. The number of ether oxygens (including phenoxy) is 1. The number of carbonyl (C=O) groups is 1. The van der Waals surface area contributed by atoms with E-state index in [-0.39, 0.29) is 6.61 Å². The highest BCUT2D eigenvalue weighted by atomic mass is 19.4. The third-order valence-corrected chi connectivity index (χ3v) is 4.84. The summed E-state index contributed by atoms with van der Waals surface area (Å²) in [7, 11) is 0. The molecule has 0 unspecified atom stereocenters. The minimum atomic E-state index is -4.37. The van der Waals surface area contributed by atoms with Crippen LogP contribution in [-0.2, 0) is 11.3 Å². The molecule has 0 radical (unpaired) electrons. The molecule has 0 spiro atoms. The lowest BCUT2D eigenvalue weighted by atomic mass is 10.1. The van der Waals surface area contributed by atoms with Gasteiger partial charge in [-0.1, -0.05) is 0 Å². The van der Waals surface area contributed by atoms with Crippen LogP contribution in [0.25, 0.3) is 22.3 Å². The molecule has 4 rings (SSSR count). The second-order valence-electron chi connectivity index (χ2n) is 6.99. The quantitative estimate of drug-likeness (QED) is 0.449. The van der Waals surface area contributed by atoms with Crippen LogP contribution in [0.4, 0.5) is 13.2 Å². The lowest BCUT2D eigenvalue weighted by Crippen LogP contribution is -2.19. The van der Waals surface area contributed by atoms with Gasteiger partial charge in [-0.3, -0.25) is 4.68 Å². The van der Waals surface area contributed by atoms with Crippen molar-refractivity contribution in [2.45, 2.75) is 33.5 Å². The SMILES string of the molecule is CCOC(=O)c1cnn(-c2ccn3ncc(-c4c(C)nn(CC(F)(F)F)c4C)c3c2)c1. The first-order valence-electron chi connectivity index (χ1n) is 9.48. The van der Waals surface area contributed by atoms with Gasteiger partial charge in [0.1, 0.15) is 6.54 Å². The van der Waals surface area contributed by atoms with Crippen molar-refractivity contribution in [1.82, 2.24) is 29.2 Å². The Labute approximate surface area is 174 Å². The molecular weight excluding hydrogens is 413 g/mol. The first-order valence-corrected chi connectivity index (χ1v) is 9.48. The van der Waals surface area contributed by atoms with Crippen molar-refractivity contribution in [3.63, 3.8) is 0 Å². The summed E-state index contributed by atoms with van der Waals surface area (Å²) in [4.78, 5) is 11.9. The topological polar surface area (TPSA) is 79.2 Å². The zero-order valence-corrected chi connectivity index (χ0v) is 17.0. The van der Waals surface area contributed by atoms with Crippen LogP contribution in [-0.4, -0.2) is 47.9 Å². The second kappa shape index (κ2) is 7.56. The van der Waals surface area contributed by atoms with E-state index in [4.69, 9.17) is 4.74 Å². The molecule has 162 valence electrons. The van der Waals surface area contributed by atoms with Crippen molar-refractivity contribution < 1.29 is 22.7 Å². The number of aryl methyl sites for hydroxylation is 1. The summed E-state index contributed by atoms with van der Waals surface area (Å²) in [5, 5.41) is 12.6. The van der Waals surface area contributed by atoms with E-state index in [1.165, 1.54) is 10.9 Å². The van der Waals surface area contributed by atoms with Gasteiger partial charge >= 0.3 is 12.1 Å². The third-order valence-electron chi connectivity index (χ3n) is 4.84. The highest BCUT2D eigenvalue weighted by Crippen LogP contribution is 2.32. The number of carbonyl (C=O) groups excluding carboxylic acids is 1. The zero-order chi connectivity index (χ0) is 22.3. The van der Waals surface area contributed by atoms with Crippen molar-refractivity contribution in [1.29, 1.82) is 0 Å². The van der Waals surface area contributed by atoms with Crippen LogP contribution in [0.2, 0.25) is 0 Å². The van der Waals surface area contributed by atoms with Crippen LogP contribution < -0.4 is 0 Å². The van der Waals surface area contributed by atoms with Crippen molar-refractivity contribution in [2.24, 2.45) is 0 Å². The largest absolute Gasteiger partial charge is 0.462 e. The summed E-state index contributed by atoms with van der Waals surface area (Å²) in [6.07, 6.45) is 1.91. The lowest BCUT2D eigenvalue weighted by molar-refractivity contribution is -0.142. The average Bonchev–Trinajstić information content (AvgIpc) is 3.39. The van der Waals surface area contributed by atoms with E-state index in [0.717, 1.165) is 4.68 Å². The Morgan fingerprint density at radius 2 is 1.97 bits per heavy atom. The number of alkyl halides is 3. The van der Waals surface area contributed by atoms with Gasteiger partial charge in [-0.2, -0.15) is 28.5 Å². The summed E-state index contributed by atoms with van der Waals surface area (Å²) in [5.74, 6) is -0.469. The molecule has 0 amide bonds. The van der Waals surface area contributed by atoms with Gasteiger partial charge in [0.2, 0.25) is 0 Å². The van der Waals surface area contributed by atoms with Crippen LogP contribution in [0.1, 0.15) is 28.7 Å². The highest BCUT2D eigenvalue weighted by Gasteiger charge is 2.30. The minimum absolute atomic E-state index is 0.260. The summed E-state index contributed by atoms with van der Waals surface area (Å²) < 4.78 is 47.7. The summed E-state index contributed by atoms with van der Waals surface area (Å²) in [6, 6.07) is 3.56. The van der Waals surface area contributed by atoms with Crippen LogP contribution in [0, 0.1) is 13.8 Å². The predicted molar refractivity (Wildman–Crippen MR) is 105 cm³/mol. The average molecular weight is 432 g/mol. The number of fused-ring (bicyclic) bond motifs is 1. The van der Waals surface area contributed by atoms with Crippen LogP contribution in [0.15, 0.2) is 36.9 Å². The molecule has 8 nitrogen and oxygen atoms in total. The van der Waals surface area contributed by atoms with Gasteiger partial charge in [0.05, 0.1) is 41.5 Å². The molecule has 11 heteroatoms. The molecule has 0 aliphatic rings. The van der Waals surface area contributed by atoms with Gasteiger partial charge in [0, 0.05) is 29.2 Å². The number of esters is 1. The fourth-order valence-electron chi connectivity index (χ4n) is 3.50. The maximum Gasteiger partial charge on any atom is 0.408 e. The molecule has 0 aliphatic carbocycles. The third kappa shape index (κ3) is 3.90. The molecule has 0 aliphatic heterocycles. The molecule has 0 N–H and O–H groups in total. The van der Waals surface area contributed by atoms with Crippen molar-refractivity contribution in [3.8, 4) is 16.8 Å². The Morgan fingerprint density at radius 3 is 2.68 bits per heavy atom. The van der Waals surface area contributed by atoms with Crippen LogP contribution in [0.3, 0.4) is 0 Å². The fraction of sp³-hybridized carbons (Fsp3) is 0.300. The van der Waals surface area contributed by atoms with Gasteiger partial charge in [-0.25, -0.2) is 14.0 Å². The molecule has 4 heterocycles. The van der Waals surface area contributed by atoms with Crippen LogP contribution >= 0.6 is 0 Å². The van der Waals surface area contributed by atoms with Crippen molar-refractivity contribution >= 4 is 11.5 Å². The smallest absolute Gasteiger partial charge is 0.408 e. The molecule has 31 heavy (non-hydrogen) atoms. The normalized spacial score (nSPS) is 11.9. The van der Waals surface area contributed by atoms with Crippen molar-refractivity contribution in [3.05, 3.63) is 53.9 Å². The van der Waals surface area contributed by atoms with Gasteiger partial charge in [-0.05, 0) is 32.9 Å². The summed E-state index contributed by atoms with van der Waals surface area (Å²) in [5.41, 5.74) is 3.78. The standard InChI is InChI=1S/C20H19F3N6O2/c1-4-31-19(30)14-8-24-28(10-14)15-5-6-27-17(7-15)16(9-25-27)18-12(2)26-29(13(18)3)11-20(21,22)23/h5-10H,4,11H2,1-3H3. The molecule has 0 saturated carbocycles. The van der Waals surface area contributed by atoms with E-state index in [0.29, 0.717) is 39.3 Å². The van der Waals surface area contributed by atoms with Crippen LogP contribution in [0.5, 0.6) is 0 Å². The molecule has 4 aromatic heterocycles. The molecule has 0 saturated heterocycles. The number of halogens is 3. The van der Waals surface area contributed by atoms with E-state index in [1.807, 2.05) is 0 Å². The Hall–Kier alpha value is -3.63. The number of rotatable bonds is 5. The number of nitrogens with zero attached hydrogens (tertiary/aromatic N) is 6. The Balaban J connectivity index is 1.76. The lowest BCUT2D eigenvalue weighted by Gasteiger charge is -2.08. The molecule has 0 atom stereocenters. The van der Waals surface area contributed by atoms with Gasteiger partial charge in [-0.15, -0.1) is 0 Å². The van der Waals surface area contributed by atoms with Gasteiger partial charge < -0.3 is 4.74 Å². The molecule has 0 bridgehead atoms. The number of hydrogen-bond donors (Lipinski definition) is 0. The first-order chi connectivity index (χ1) is 14.7. The van der Waals surface area contributed by atoms with Gasteiger partial charge in [0.15, 0.2) is 0 Å². The number of pyridine rings is 1. The summed E-state index contributed by atoms with van der Waals surface area (Å²) in [6.45, 7) is 4.09. The maximum atomic E-state index is 12.9. The Bertz CT molecular complexity index is 1270. The predicted octanol–water partition coefficient (Wildman–Crippen LogP) is 3.74. The number of aromatic nitrogens is 6. The van der Waals surface area contributed by atoms with E-state index in [9.17, 15) is 18.0 Å². The first kappa shape index (κ1) is 20.6. The Morgan fingerprint density at radius 1 is 1.19 bits per heavy atom. The zero-order valence-electron chi connectivity index (χ0n) is 17.0. The van der Waals surface area contributed by atoms with Gasteiger partial charge in [0.25, 0.3) is 0 Å². The second-order valence-corrected chi connectivity index (χ2v) is 6.99. The molecule has 4 aromatic rings. The minimum Gasteiger partial charge on any atom is -0.462 e. The van der Waals surface area contributed by atoms with E-state index in [1.54, 1.807) is 56.0 Å². The van der Waals surface area contributed by atoms with E-state index >= 15 is 0 Å². The van der Waals surface area contributed by atoms with Crippen molar-refractivity contribution in [2.75, 3.05) is 6.61 Å². The Kier molecular flexibility index (Phi) is 5.03. The highest BCUT2D eigenvalue weighted by molar-refractivity contribution is 5.89. The maximum absolute atomic E-state index is 12.9. The number of hydrogen-bond acceptors (Lipinski definition) is 5. The van der Waals surface area contributed by atoms with E-state index < -0.39 is 18.7 Å². The van der Waals surface area contributed by atoms with E-state index in [2.05, 4.69) is 15.3 Å². The molecular formula is C20H19F3N6O2. The fourth-order valence-corrected chi connectivity index (χ4v) is 3.50. The molecule has 0 fully saturated rings. The monoisotopic (exact) mass is 432 g/mol. The summed E-state index contributed by atoms with van der Waals surface area (Å²) >= 11 is 0.